The van der Waals surface area contributed by atoms with E-state index in [-0.39, 0.29) is 24.6 Å². The van der Waals surface area contributed by atoms with E-state index in [1.165, 1.54) is 18.3 Å². The zero-order chi connectivity index (χ0) is 23.1. The fraction of sp³-hybridized carbons (Fsp3) is 0.292. The van der Waals surface area contributed by atoms with Gasteiger partial charge in [-0.1, -0.05) is 42.8 Å². The number of benzene rings is 2. The van der Waals surface area contributed by atoms with E-state index in [0.717, 1.165) is 5.56 Å². The lowest BCUT2D eigenvalue weighted by Gasteiger charge is -2.18. The first-order valence-electron chi connectivity index (χ1n) is 10.3. The first kappa shape index (κ1) is 23.5. The number of aryl methyl sites for hydroxylation is 1. The van der Waals surface area contributed by atoms with Gasteiger partial charge in [-0.3, -0.25) is 9.59 Å². The Balaban J connectivity index is 1.75. The van der Waals surface area contributed by atoms with E-state index in [2.05, 4.69) is 10.3 Å². The van der Waals surface area contributed by atoms with Crippen LogP contribution in [0.4, 0.5) is 4.39 Å². The second-order valence-corrected chi connectivity index (χ2v) is 7.61. The van der Waals surface area contributed by atoms with Crippen LogP contribution < -0.4 is 5.32 Å². The topological polar surface area (TPSA) is 81.4 Å². The highest BCUT2D eigenvalue weighted by atomic mass is 35.5. The van der Waals surface area contributed by atoms with E-state index >= 15 is 0 Å². The lowest BCUT2D eigenvalue weighted by atomic mass is 9.99. The summed E-state index contributed by atoms with van der Waals surface area (Å²) in [7, 11) is 0. The maximum Gasteiger partial charge on any atom is 0.307 e. The zero-order valence-corrected chi connectivity index (χ0v) is 18.6. The number of hydrogen-bond acceptors (Lipinski definition) is 5. The molecule has 168 valence electrons. The molecule has 1 heterocycles. The average molecular weight is 459 g/mol. The largest absolute Gasteiger partial charge is 0.466 e. The second-order valence-electron chi connectivity index (χ2n) is 7.18. The molecule has 2 aromatic carbocycles. The van der Waals surface area contributed by atoms with Crippen molar-refractivity contribution in [3.8, 4) is 11.1 Å². The Morgan fingerprint density at radius 1 is 1.19 bits per heavy atom. The number of aromatic nitrogens is 1. The highest BCUT2D eigenvalue weighted by Crippen LogP contribution is 2.26. The minimum Gasteiger partial charge on any atom is -0.466 e. The number of carbonyl (C=O) groups is 2. The van der Waals surface area contributed by atoms with E-state index in [0.29, 0.717) is 34.9 Å². The maximum atomic E-state index is 14.1. The number of nitrogens with one attached hydrogen (secondary N) is 1. The Kier molecular flexibility index (Phi) is 8.00. The monoisotopic (exact) mass is 458 g/mol. The average Bonchev–Trinajstić information content (AvgIpc) is 3.26. The molecule has 0 fully saturated rings. The molecule has 6 nitrogen and oxygen atoms in total. The number of carbonyl (C=O) groups excluding carboxylic acids is 2. The number of nitrogens with zero attached hydrogens (tertiary/aromatic N) is 1. The molecule has 0 radical (unpaired) electrons. The summed E-state index contributed by atoms with van der Waals surface area (Å²) in [6, 6.07) is 11.1. The van der Waals surface area contributed by atoms with Gasteiger partial charge in [0, 0.05) is 23.0 Å². The van der Waals surface area contributed by atoms with Crippen LogP contribution in [0.15, 0.2) is 53.1 Å². The van der Waals surface area contributed by atoms with Gasteiger partial charge in [0.1, 0.15) is 5.82 Å². The highest BCUT2D eigenvalue weighted by molar-refractivity contribution is 6.30. The van der Waals surface area contributed by atoms with Crippen LogP contribution in [-0.2, 0) is 22.4 Å². The number of halogens is 2. The van der Waals surface area contributed by atoms with E-state index in [1.54, 1.807) is 25.1 Å². The molecule has 8 heteroatoms. The molecule has 0 saturated carbocycles. The van der Waals surface area contributed by atoms with Gasteiger partial charge < -0.3 is 14.5 Å². The molecular formula is C24H24ClFN2O4. The van der Waals surface area contributed by atoms with Crippen molar-refractivity contribution in [3.05, 3.63) is 76.7 Å². The van der Waals surface area contributed by atoms with Crippen molar-refractivity contribution >= 4 is 23.5 Å². The summed E-state index contributed by atoms with van der Waals surface area (Å²) in [6.45, 7) is 3.84. The van der Waals surface area contributed by atoms with Gasteiger partial charge in [0.25, 0.3) is 5.91 Å². The molecule has 1 aromatic heterocycles. The van der Waals surface area contributed by atoms with Gasteiger partial charge in [-0.2, -0.15) is 0 Å². The van der Waals surface area contributed by atoms with Crippen molar-refractivity contribution in [1.29, 1.82) is 0 Å². The number of hydrogen-bond donors (Lipinski definition) is 1. The molecule has 3 rings (SSSR count). The molecule has 3 aromatic rings. The summed E-state index contributed by atoms with van der Waals surface area (Å²) in [4.78, 5) is 28.7. The number of ether oxygens (including phenoxy) is 1. The number of amides is 1. The third-order valence-corrected chi connectivity index (χ3v) is 5.04. The van der Waals surface area contributed by atoms with Crippen molar-refractivity contribution in [3.63, 3.8) is 0 Å². The van der Waals surface area contributed by atoms with Crippen molar-refractivity contribution in [2.24, 2.45) is 0 Å². The first-order chi connectivity index (χ1) is 15.4. The Morgan fingerprint density at radius 2 is 1.94 bits per heavy atom. The molecule has 0 aliphatic heterocycles. The van der Waals surface area contributed by atoms with Crippen LogP contribution in [0.2, 0.25) is 5.02 Å². The second kappa shape index (κ2) is 10.9. The Morgan fingerprint density at radius 3 is 2.59 bits per heavy atom. The van der Waals surface area contributed by atoms with Gasteiger partial charge in [-0.25, -0.2) is 9.37 Å². The highest BCUT2D eigenvalue weighted by Gasteiger charge is 2.21. The molecule has 0 spiro atoms. The summed E-state index contributed by atoms with van der Waals surface area (Å²) < 4.78 is 24.6. The fourth-order valence-corrected chi connectivity index (χ4v) is 3.43. The molecule has 0 aliphatic rings. The van der Waals surface area contributed by atoms with Crippen molar-refractivity contribution in [1.82, 2.24) is 10.3 Å². The van der Waals surface area contributed by atoms with E-state index in [9.17, 15) is 14.0 Å². The normalized spacial score (nSPS) is 11.8. The number of rotatable bonds is 9. The molecule has 0 bridgehead atoms. The van der Waals surface area contributed by atoms with Gasteiger partial charge in [-0.15, -0.1) is 0 Å². The van der Waals surface area contributed by atoms with Crippen LogP contribution in [0.25, 0.3) is 11.1 Å². The first-order valence-corrected chi connectivity index (χ1v) is 10.7. The van der Waals surface area contributed by atoms with Crippen LogP contribution in [0.3, 0.4) is 0 Å². The standard InChI is InChI=1S/C24H24ClFN2O4/c1-3-22-27-14-21(32-22)24(30)28-18(13-23(29)31-4-2)11-15-5-7-16(8-6-15)19-12-17(25)9-10-20(19)26/h5-10,12,14,18H,3-4,11,13H2,1-2H3,(H,28,30). The van der Waals surface area contributed by atoms with E-state index < -0.39 is 17.9 Å². The van der Waals surface area contributed by atoms with Crippen molar-refractivity contribution < 1.29 is 23.1 Å². The Bertz CT molecular complexity index is 1080. The smallest absolute Gasteiger partial charge is 0.307 e. The van der Waals surface area contributed by atoms with Gasteiger partial charge in [0.05, 0.1) is 19.2 Å². The minimum absolute atomic E-state index is 0.000967. The summed E-state index contributed by atoms with van der Waals surface area (Å²) in [5, 5.41) is 3.27. The quantitative estimate of drug-likeness (QED) is 0.457. The fourth-order valence-electron chi connectivity index (χ4n) is 3.25. The van der Waals surface area contributed by atoms with Crippen LogP contribution in [-0.4, -0.2) is 29.5 Å². The van der Waals surface area contributed by atoms with Crippen molar-refractivity contribution in [2.45, 2.75) is 39.2 Å². The van der Waals surface area contributed by atoms with Crippen molar-refractivity contribution in [2.75, 3.05) is 6.61 Å². The molecule has 1 amide bonds. The van der Waals surface area contributed by atoms with Gasteiger partial charge >= 0.3 is 5.97 Å². The maximum absolute atomic E-state index is 14.1. The summed E-state index contributed by atoms with van der Waals surface area (Å²) >= 11 is 5.99. The summed E-state index contributed by atoms with van der Waals surface area (Å²) in [5.74, 6) is -0.692. The number of oxazole rings is 1. The summed E-state index contributed by atoms with van der Waals surface area (Å²) in [5.41, 5.74) is 1.93. The number of esters is 1. The van der Waals surface area contributed by atoms with Crippen LogP contribution in [0.1, 0.15) is 42.3 Å². The molecule has 1 unspecified atom stereocenters. The molecule has 1 N–H and O–H groups in total. The zero-order valence-electron chi connectivity index (χ0n) is 17.9. The molecule has 0 aliphatic carbocycles. The lowest BCUT2D eigenvalue weighted by Crippen LogP contribution is -2.38. The lowest BCUT2D eigenvalue weighted by molar-refractivity contribution is -0.143. The minimum atomic E-state index is -0.523. The van der Waals surface area contributed by atoms with Crippen LogP contribution >= 0.6 is 11.6 Å². The molecular weight excluding hydrogens is 435 g/mol. The van der Waals surface area contributed by atoms with Crippen LogP contribution in [0.5, 0.6) is 0 Å². The van der Waals surface area contributed by atoms with Gasteiger partial charge in [-0.05, 0) is 42.7 Å². The van der Waals surface area contributed by atoms with Gasteiger partial charge in [0.15, 0.2) is 5.89 Å². The van der Waals surface area contributed by atoms with Gasteiger partial charge in [0.2, 0.25) is 5.76 Å². The SMILES string of the molecule is CCOC(=O)CC(Cc1ccc(-c2cc(Cl)ccc2F)cc1)NC(=O)c1cnc(CC)o1. The third-order valence-electron chi connectivity index (χ3n) is 4.81. The molecule has 0 saturated heterocycles. The molecule has 1 atom stereocenters. The predicted octanol–water partition coefficient (Wildman–Crippen LogP) is 4.99. The molecule has 32 heavy (non-hydrogen) atoms. The predicted molar refractivity (Wildman–Crippen MR) is 119 cm³/mol. The van der Waals surface area contributed by atoms with E-state index in [4.69, 9.17) is 20.8 Å². The third kappa shape index (κ3) is 6.17. The Hall–Kier alpha value is -3.19. The Labute approximate surface area is 190 Å². The van der Waals surface area contributed by atoms with E-state index in [1.807, 2.05) is 19.1 Å². The van der Waals surface area contributed by atoms with Crippen LogP contribution in [0, 0.1) is 5.82 Å². The summed E-state index contributed by atoms with van der Waals surface area (Å²) in [6.07, 6.45) is 2.31.